The van der Waals surface area contributed by atoms with E-state index in [1.54, 1.807) is 12.3 Å². The number of carbonyl (C=O) groups is 2. The molecule has 1 saturated heterocycles. The van der Waals surface area contributed by atoms with Gasteiger partial charge in [-0.1, -0.05) is 13.8 Å². The van der Waals surface area contributed by atoms with Gasteiger partial charge in [0.05, 0.1) is 18.1 Å². The summed E-state index contributed by atoms with van der Waals surface area (Å²) in [6, 6.07) is 1.76. The monoisotopic (exact) mass is 530 g/mol. The molecule has 2 fully saturated rings. The standard InChI is InChI=1S/C19H19F5N8O.C2H6.CH2O/c20-17(21)32-8-12(14(29-32)19(22,23)24)27-16(33)11-7-26-31-5-1-13(28-15(11)31)30-6-4-25-9-18(10-30)2-3-18;2*1-2/h1,5,7-8,17,25H,2-4,6,9-10H2,(H,27,33);1-2H3;1H2. The molecule has 2 aliphatic rings. The summed E-state index contributed by atoms with van der Waals surface area (Å²) >= 11 is 0. The van der Waals surface area contributed by atoms with Crippen LogP contribution in [0.5, 0.6) is 0 Å². The lowest BCUT2D eigenvalue weighted by molar-refractivity contribution is -0.141. The van der Waals surface area contributed by atoms with Crippen molar-refractivity contribution < 1.29 is 31.5 Å². The zero-order chi connectivity index (χ0) is 27.4. The van der Waals surface area contributed by atoms with Crippen molar-refractivity contribution in [2.45, 2.75) is 39.4 Å². The van der Waals surface area contributed by atoms with Gasteiger partial charge in [0.2, 0.25) is 0 Å². The molecule has 0 aromatic carbocycles. The van der Waals surface area contributed by atoms with Crippen molar-refractivity contribution in [3.05, 3.63) is 35.9 Å². The van der Waals surface area contributed by atoms with Crippen LogP contribution in [0, 0.1) is 5.41 Å². The maximum absolute atomic E-state index is 13.2. The highest BCUT2D eigenvalue weighted by Gasteiger charge is 2.45. The van der Waals surface area contributed by atoms with E-state index in [-0.39, 0.29) is 21.3 Å². The summed E-state index contributed by atoms with van der Waals surface area (Å²) in [6.07, 6.45) is 0.421. The van der Waals surface area contributed by atoms with E-state index in [1.165, 1.54) is 10.7 Å². The fraction of sp³-hybridized carbons (Fsp3) is 0.500. The minimum atomic E-state index is -5.03. The first-order chi connectivity index (χ1) is 17.7. The van der Waals surface area contributed by atoms with E-state index in [4.69, 9.17) is 4.79 Å². The fourth-order valence-corrected chi connectivity index (χ4v) is 3.99. The number of rotatable bonds is 4. The summed E-state index contributed by atoms with van der Waals surface area (Å²) in [5.41, 5.74) is -2.24. The van der Waals surface area contributed by atoms with Crippen molar-refractivity contribution in [1.29, 1.82) is 0 Å². The van der Waals surface area contributed by atoms with Crippen LogP contribution in [0.15, 0.2) is 24.7 Å². The number of fused-ring (bicyclic) bond motifs is 1. The Bertz CT molecular complexity index is 1220. The lowest BCUT2D eigenvalue weighted by Crippen LogP contribution is -2.31. The maximum atomic E-state index is 13.2. The zero-order valence-electron chi connectivity index (χ0n) is 20.2. The van der Waals surface area contributed by atoms with Gasteiger partial charge in [0.15, 0.2) is 11.3 Å². The Morgan fingerprint density at radius 3 is 2.57 bits per heavy atom. The van der Waals surface area contributed by atoms with Crippen LogP contribution in [0.4, 0.5) is 33.5 Å². The molecule has 4 heterocycles. The van der Waals surface area contributed by atoms with Gasteiger partial charge < -0.3 is 20.3 Å². The molecular weight excluding hydrogens is 503 g/mol. The van der Waals surface area contributed by atoms with Gasteiger partial charge in [-0.15, -0.1) is 0 Å². The summed E-state index contributed by atoms with van der Waals surface area (Å²) in [5.74, 6) is -0.348. The Balaban J connectivity index is 0.000000907. The Labute approximate surface area is 208 Å². The molecule has 0 radical (unpaired) electrons. The van der Waals surface area contributed by atoms with Crippen molar-refractivity contribution in [3.63, 3.8) is 0 Å². The third-order valence-electron chi connectivity index (χ3n) is 5.91. The van der Waals surface area contributed by atoms with Crippen LogP contribution in [0.3, 0.4) is 0 Å². The molecule has 1 amide bonds. The van der Waals surface area contributed by atoms with E-state index in [1.807, 2.05) is 26.0 Å². The average Bonchev–Trinajstić information content (AvgIpc) is 3.37. The number of nitrogens with one attached hydrogen (secondary N) is 2. The molecule has 0 atom stereocenters. The molecular formula is C22H27F5N8O2. The van der Waals surface area contributed by atoms with Crippen molar-refractivity contribution in [1.82, 2.24) is 29.7 Å². The molecule has 3 aromatic heterocycles. The Morgan fingerprint density at radius 1 is 1.24 bits per heavy atom. The lowest BCUT2D eigenvalue weighted by atomic mass is 10.1. The third kappa shape index (κ3) is 6.03. The number of carbonyl (C=O) groups excluding carboxylic acids is 2. The maximum Gasteiger partial charge on any atom is 0.437 e. The van der Waals surface area contributed by atoms with Crippen LogP contribution in [-0.4, -0.2) is 63.3 Å². The number of halogens is 5. The van der Waals surface area contributed by atoms with E-state index in [9.17, 15) is 26.7 Å². The second-order valence-electron chi connectivity index (χ2n) is 8.31. The quantitative estimate of drug-likeness (QED) is 0.496. The molecule has 5 rings (SSSR count). The number of nitrogens with zero attached hydrogens (tertiary/aromatic N) is 6. The zero-order valence-corrected chi connectivity index (χ0v) is 20.2. The number of alkyl halides is 5. The smallest absolute Gasteiger partial charge is 0.355 e. The number of hydrogen-bond acceptors (Lipinski definition) is 7. The van der Waals surface area contributed by atoms with Crippen LogP contribution < -0.4 is 15.5 Å². The topological polar surface area (TPSA) is 109 Å². The molecule has 1 aliphatic heterocycles. The lowest BCUT2D eigenvalue weighted by Gasteiger charge is -2.24. The highest BCUT2D eigenvalue weighted by Crippen LogP contribution is 2.46. The average molecular weight is 531 g/mol. The molecule has 202 valence electrons. The SMILES string of the molecule is C=O.CC.O=C(Nc1cn(C(F)F)nc1C(F)(F)F)c1cnn2ccc(N3CCNCC4(CC4)C3)nc12. The summed E-state index contributed by atoms with van der Waals surface area (Å²) in [7, 11) is 0. The third-order valence-corrected chi connectivity index (χ3v) is 5.91. The summed E-state index contributed by atoms with van der Waals surface area (Å²) < 4.78 is 66.6. The molecule has 15 heteroatoms. The highest BCUT2D eigenvalue weighted by molar-refractivity contribution is 6.08. The van der Waals surface area contributed by atoms with E-state index >= 15 is 0 Å². The van der Waals surface area contributed by atoms with Crippen molar-refractivity contribution in [3.8, 4) is 0 Å². The first kappa shape index (κ1) is 28.0. The van der Waals surface area contributed by atoms with Crippen LogP contribution in [0.25, 0.3) is 5.65 Å². The van der Waals surface area contributed by atoms with E-state index < -0.39 is 30.0 Å². The van der Waals surface area contributed by atoms with Crippen LogP contribution >= 0.6 is 0 Å². The van der Waals surface area contributed by atoms with Gasteiger partial charge in [-0.05, 0) is 18.9 Å². The van der Waals surface area contributed by atoms with Crippen LogP contribution in [0.2, 0.25) is 0 Å². The molecule has 10 nitrogen and oxygen atoms in total. The molecule has 3 aromatic rings. The van der Waals surface area contributed by atoms with Crippen molar-refractivity contribution in [2.75, 3.05) is 36.4 Å². The Morgan fingerprint density at radius 2 is 1.95 bits per heavy atom. The summed E-state index contributed by atoms with van der Waals surface area (Å²) in [5, 5.41) is 12.3. The van der Waals surface area contributed by atoms with Gasteiger partial charge in [0.1, 0.15) is 18.2 Å². The molecule has 1 spiro atoms. The predicted octanol–water partition coefficient (Wildman–Crippen LogP) is 3.62. The second-order valence-corrected chi connectivity index (χ2v) is 8.31. The highest BCUT2D eigenvalue weighted by atomic mass is 19.4. The molecule has 37 heavy (non-hydrogen) atoms. The second kappa shape index (κ2) is 11.2. The molecule has 0 unspecified atom stereocenters. The van der Waals surface area contributed by atoms with E-state index in [0.717, 1.165) is 32.5 Å². The minimum Gasteiger partial charge on any atom is -0.355 e. The number of hydrogen-bond donors (Lipinski definition) is 2. The van der Waals surface area contributed by atoms with Gasteiger partial charge in [0, 0.05) is 37.8 Å². The molecule has 1 saturated carbocycles. The van der Waals surface area contributed by atoms with E-state index in [2.05, 4.69) is 25.4 Å². The van der Waals surface area contributed by atoms with Gasteiger partial charge in [-0.3, -0.25) is 4.79 Å². The van der Waals surface area contributed by atoms with Gasteiger partial charge in [0.25, 0.3) is 5.91 Å². The van der Waals surface area contributed by atoms with Crippen LogP contribution in [-0.2, 0) is 11.0 Å². The first-order valence-electron chi connectivity index (χ1n) is 11.5. The normalized spacial score (nSPS) is 16.5. The van der Waals surface area contributed by atoms with Gasteiger partial charge in [-0.25, -0.2) is 14.2 Å². The number of anilines is 2. The predicted molar refractivity (Wildman–Crippen MR) is 125 cm³/mol. The van der Waals surface area contributed by atoms with Crippen molar-refractivity contribution >= 4 is 29.8 Å². The fourth-order valence-electron chi connectivity index (χ4n) is 3.99. The number of amides is 1. The van der Waals surface area contributed by atoms with Crippen LogP contribution in [0.1, 0.15) is 49.3 Å². The molecule has 0 bridgehead atoms. The Hall–Kier alpha value is -3.62. The first-order valence-corrected chi connectivity index (χ1v) is 11.5. The summed E-state index contributed by atoms with van der Waals surface area (Å²) in [4.78, 5) is 27.4. The number of aromatic nitrogens is 5. The molecule has 1 aliphatic carbocycles. The minimum absolute atomic E-state index is 0.0937. The van der Waals surface area contributed by atoms with Gasteiger partial charge >= 0.3 is 12.7 Å². The van der Waals surface area contributed by atoms with Gasteiger partial charge in [-0.2, -0.15) is 32.1 Å². The van der Waals surface area contributed by atoms with Crippen molar-refractivity contribution in [2.24, 2.45) is 5.41 Å². The summed E-state index contributed by atoms with van der Waals surface area (Å²) in [6.45, 7) is 5.93. The Kier molecular flexibility index (Phi) is 8.46. The largest absolute Gasteiger partial charge is 0.437 e. The molecule has 2 N–H and O–H groups in total. The van der Waals surface area contributed by atoms with E-state index in [0.29, 0.717) is 18.6 Å².